The maximum atomic E-state index is 14.1. The van der Waals surface area contributed by atoms with E-state index in [0.717, 1.165) is 70.8 Å². The molecule has 4 aromatic rings. The van der Waals surface area contributed by atoms with Gasteiger partial charge < -0.3 is 20.4 Å². The molecule has 10 nitrogen and oxygen atoms in total. The van der Waals surface area contributed by atoms with Gasteiger partial charge >= 0.3 is 0 Å². The van der Waals surface area contributed by atoms with Gasteiger partial charge in [0.1, 0.15) is 5.82 Å². The number of hydrogen-bond acceptors (Lipinski definition) is 7. The molecular formula is C37H47F3N8O2. The van der Waals surface area contributed by atoms with Crippen molar-refractivity contribution in [2.24, 2.45) is 5.92 Å². The van der Waals surface area contributed by atoms with Gasteiger partial charge in [0, 0.05) is 104 Å². The third-order valence-corrected chi connectivity index (χ3v) is 10.3. The summed E-state index contributed by atoms with van der Waals surface area (Å²) in [4.78, 5) is 40.4. The quantitative estimate of drug-likeness (QED) is 0.199. The molecule has 6 rings (SSSR count). The lowest BCUT2D eigenvalue weighted by Crippen LogP contribution is -2.51. The van der Waals surface area contributed by atoms with Gasteiger partial charge in [-0.15, -0.1) is 0 Å². The number of aromatic nitrogens is 3. The molecule has 4 N–H and O–H groups in total. The molecule has 0 spiro atoms. The van der Waals surface area contributed by atoms with Crippen LogP contribution in [-0.4, -0.2) is 87.0 Å². The van der Waals surface area contributed by atoms with E-state index in [2.05, 4.69) is 43.3 Å². The summed E-state index contributed by atoms with van der Waals surface area (Å²) in [6, 6.07) is 7.20. The standard InChI is InChI=1S/C37H47F3N8O2/c1-21(2)19-45-10-8-27-29(37(50)44-23(4)30(27)20-45)18-43-36(49)28-16-31-26(25-6-7-32(41)42-17-25)9-11-48(31)33(22(28)3)24(5)46-12-14-47(15-13-46)35(40)34(38)39/h6-7,9,11,16-17,21,24,34-35H,8,10,12-15,18-20H2,1-5H3,(H2,41,42)(H,43,49)(H,44,50). The number of aryl methyl sites for hydroxylation is 1. The van der Waals surface area contributed by atoms with Gasteiger partial charge in [-0.3, -0.25) is 24.3 Å². The fourth-order valence-electron chi connectivity index (χ4n) is 7.71. The Labute approximate surface area is 290 Å². The number of amides is 1. The zero-order valence-corrected chi connectivity index (χ0v) is 29.4. The van der Waals surface area contributed by atoms with Crippen LogP contribution in [0, 0.1) is 19.8 Å². The van der Waals surface area contributed by atoms with Crippen molar-refractivity contribution < 1.29 is 18.0 Å². The van der Waals surface area contributed by atoms with Gasteiger partial charge in [-0.2, -0.15) is 0 Å². The van der Waals surface area contributed by atoms with Gasteiger partial charge in [-0.25, -0.2) is 18.2 Å². The van der Waals surface area contributed by atoms with E-state index in [1.807, 2.05) is 45.2 Å². The Bertz CT molecular complexity index is 1910. The number of carbonyl (C=O) groups excluding carboxylic acids is 1. The first-order valence-corrected chi connectivity index (χ1v) is 17.3. The third kappa shape index (κ3) is 7.03. The number of carbonyl (C=O) groups is 1. The summed E-state index contributed by atoms with van der Waals surface area (Å²) >= 11 is 0. The number of aromatic amines is 1. The van der Waals surface area contributed by atoms with E-state index in [0.29, 0.717) is 36.0 Å². The van der Waals surface area contributed by atoms with Crippen LogP contribution in [0.3, 0.4) is 0 Å². The summed E-state index contributed by atoms with van der Waals surface area (Å²) in [5, 5.41) is 3.06. The second-order valence-corrected chi connectivity index (χ2v) is 14.1. The normalized spacial score (nSPS) is 17.4. The molecule has 0 bridgehead atoms. The first-order chi connectivity index (χ1) is 23.8. The summed E-state index contributed by atoms with van der Waals surface area (Å²) in [6.07, 6.45) is -0.969. The molecule has 2 aliphatic rings. The zero-order valence-electron chi connectivity index (χ0n) is 29.4. The number of nitrogens with zero attached hydrogens (tertiary/aromatic N) is 5. The van der Waals surface area contributed by atoms with E-state index in [4.69, 9.17) is 5.73 Å². The highest BCUT2D eigenvalue weighted by Crippen LogP contribution is 2.34. The number of nitrogen functional groups attached to an aromatic ring is 1. The van der Waals surface area contributed by atoms with Crippen molar-refractivity contribution >= 4 is 17.2 Å². The van der Waals surface area contributed by atoms with Crippen LogP contribution >= 0.6 is 0 Å². The Hall–Kier alpha value is -4.20. The number of halogens is 3. The van der Waals surface area contributed by atoms with E-state index >= 15 is 0 Å². The summed E-state index contributed by atoms with van der Waals surface area (Å²) < 4.78 is 42.4. The molecule has 1 fully saturated rings. The van der Waals surface area contributed by atoms with Crippen LogP contribution in [0.15, 0.2) is 41.5 Å². The van der Waals surface area contributed by atoms with E-state index < -0.39 is 12.7 Å². The zero-order chi connectivity index (χ0) is 35.9. The van der Waals surface area contributed by atoms with Crippen LogP contribution in [-0.2, 0) is 19.5 Å². The highest BCUT2D eigenvalue weighted by molar-refractivity contribution is 5.98. The van der Waals surface area contributed by atoms with E-state index in [9.17, 15) is 22.8 Å². The summed E-state index contributed by atoms with van der Waals surface area (Å²) in [5.41, 5.74) is 13.8. The van der Waals surface area contributed by atoms with Crippen LogP contribution in [0.2, 0.25) is 0 Å². The average molecular weight is 693 g/mol. The minimum absolute atomic E-state index is 0.0860. The van der Waals surface area contributed by atoms with Gasteiger partial charge in [0.05, 0.1) is 5.52 Å². The molecule has 2 unspecified atom stereocenters. The fourth-order valence-corrected chi connectivity index (χ4v) is 7.71. The first kappa shape index (κ1) is 35.6. The topological polar surface area (TPSA) is 115 Å². The van der Waals surface area contributed by atoms with Crippen molar-refractivity contribution in [3.63, 3.8) is 0 Å². The molecule has 50 heavy (non-hydrogen) atoms. The van der Waals surface area contributed by atoms with E-state index in [-0.39, 0.29) is 37.1 Å². The van der Waals surface area contributed by atoms with Crippen LogP contribution in [0.5, 0.6) is 0 Å². The van der Waals surface area contributed by atoms with Crippen molar-refractivity contribution in [2.45, 2.75) is 72.9 Å². The molecule has 0 aromatic carbocycles. The molecule has 1 amide bonds. The summed E-state index contributed by atoms with van der Waals surface area (Å²) in [5.74, 6) is 0.612. The molecule has 2 aliphatic heterocycles. The number of nitrogens with one attached hydrogen (secondary N) is 2. The predicted molar refractivity (Wildman–Crippen MR) is 189 cm³/mol. The Morgan fingerprint density at radius 3 is 2.40 bits per heavy atom. The number of fused-ring (bicyclic) bond motifs is 2. The van der Waals surface area contributed by atoms with Gasteiger partial charge in [-0.05, 0) is 74.1 Å². The minimum Gasteiger partial charge on any atom is -0.384 e. The van der Waals surface area contributed by atoms with Crippen molar-refractivity contribution in [3.8, 4) is 11.1 Å². The number of nitrogens with two attached hydrogens (primary N) is 1. The SMILES string of the molecule is Cc1[nH]c(=O)c(CNC(=O)c2cc3c(-c4ccc(N)nc4)ccn3c(C(C)N3CCN(C(F)C(F)F)CC3)c2C)c2c1CN(CC(C)C)CC2. The number of pyridine rings is 3. The second kappa shape index (κ2) is 14.6. The Morgan fingerprint density at radius 1 is 1.02 bits per heavy atom. The number of anilines is 1. The molecule has 0 aliphatic carbocycles. The van der Waals surface area contributed by atoms with E-state index in [1.54, 1.807) is 12.3 Å². The molecule has 4 aromatic heterocycles. The highest BCUT2D eigenvalue weighted by atomic mass is 19.3. The number of rotatable bonds is 10. The van der Waals surface area contributed by atoms with Crippen LogP contribution in [0.1, 0.15) is 70.8 Å². The highest BCUT2D eigenvalue weighted by Gasteiger charge is 2.33. The smallest absolute Gasteiger partial charge is 0.282 e. The third-order valence-electron chi connectivity index (χ3n) is 10.3. The number of piperazine rings is 1. The first-order valence-electron chi connectivity index (χ1n) is 17.3. The summed E-state index contributed by atoms with van der Waals surface area (Å²) in [6.45, 7) is 14.0. The Balaban J connectivity index is 1.34. The van der Waals surface area contributed by atoms with E-state index in [1.165, 1.54) is 4.90 Å². The van der Waals surface area contributed by atoms with Gasteiger partial charge in [0.15, 0.2) is 0 Å². The molecule has 6 heterocycles. The fraction of sp³-hybridized carbons (Fsp3) is 0.486. The molecule has 1 saturated heterocycles. The van der Waals surface area contributed by atoms with Crippen LogP contribution < -0.4 is 16.6 Å². The van der Waals surface area contributed by atoms with Crippen LogP contribution in [0.25, 0.3) is 16.6 Å². The lowest BCUT2D eigenvalue weighted by atomic mass is 9.93. The monoisotopic (exact) mass is 692 g/mol. The molecule has 0 radical (unpaired) electrons. The Morgan fingerprint density at radius 2 is 1.74 bits per heavy atom. The van der Waals surface area contributed by atoms with Crippen molar-refractivity contribution in [3.05, 3.63) is 86.2 Å². The van der Waals surface area contributed by atoms with Crippen LogP contribution in [0.4, 0.5) is 19.0 Å². The van der Waals surface area contributed by atoms with Crippen molar-refractivity contribution in [1.29, 1.82) is 0 Å². The Kier molecular flexibility index (Phi) is 10.4. The second-order valence-electron chi connectivity index (χ2n) is 14.1. The number of H-pyrrole nitrogens is 1. The number of hydrogen-bond donors (Lipinski definition) is 3. The largest absolute Gasteiger partial charge is 0.384 e. The number of alkyl halides is 3. The van der Waals surface area contributed by atoms with Gasteiger partial charge in [0.2, 0.25) is 6.30 Å². The molecule has 268 valence electrons. The molecule has 2 atom stereocenters. The summed E-state index contributed by atoms with van der Waals surface area (Å²) in [7, 11) is 0. The van der Waals surface area contributed by atoms with Gasteiger partial charge in [-0.1, -0.05) is 13.8 Å². The lowest BCUT2D eigenvalue weighted by Gasteiger charge is -2.39. The average Bonchev–Trinajstić information content (AvgIpc) is 3.50. The molecule has 13 heteroatoms. The van der Waals surface area contributed by atoms with Crippen molar-refractivity contribution in [2.75, 3.05) is 45.0 Å². The predicted octanol–water partition coefficient (Wildman–Crippen LogP) is 5.07. The molecular weight excluding hydrogens is 645 g/mol. The maximum Gasteiger partial charge on any atom is 0.282 e. The maximum absolute atomic E-state index is 14.1. The lowest BCUT2D eigenvalue weighted by molar-refractivity contribution is -0.0688. The molecule has 0 saturated carbocycles. The minimum atomic E-state index is -3.06. The van der Waals surface area contributed by atoms with Gasteiger partial charge in [0.25, 0.3) is 17.9 Å². The van der Waals surface area contributed by atoms with Crippen molar-refractivity contribution in [1.82, 2.24) is 34.4 Å².